The summed E-state index contributed by atoms with van der Waals surface area (Å²) in [5.74, 6) is 1.66. The monoisotopic (exact) mass is 328 g/mol. The molecule has 24 heavy (non-hydrogen) atoms. The SMILES string of the molecule is O=C(Nc1n[nH]c2ccc(OCCN3CCCCC3)cc12)C1CC1. The second-order valence-corrected chi connectivity index (χ2v) is 6.79. The third-order valence-corrected chi connectivity index (χ3v) is 4.85. The van der Waals surface area contributed by atoms with Crippen molar-refractivity contribution >= 4 is 22.6 Å². The molecule has 2 aliphatic rings. The van der Waals surface area contributed by atoms with E-state index in [2.05, 4.69) is 20.4 Å². The number of benzene rings is 1. The summed E-state index contributed by atoms with van der Waals surface area (Å²) >= 11 is 0. The fraction of sp³-hybridized carbons (Fsp3) is 0.556. The minimum Gasteiger partial charge on any atom is -0.492 e. The van der Waals surface area contributed by atoms with Gasteiger partial charge in [0, 0.05) is 17.8 Å². The van der Waals surface area contributed by atoms with Crippen LogP contribution in [-0.4, -0.2) is 47.2 Å². The van der Waals surface area contributed by atoms with E-state index in [-0.39, 0.29) is 11.8 Å². The average molecular weight is 328 g/mol. The van der Waals surface area contributed by atoms with Crippen LogP contribution in [0.15, 0.2) is 18.2 Å². The van der Waals surface area contributed by atoms with Gasteiger partial charge >= 0.3 is 0 Å². The van der Waals surface area contributed by atoms with Gasteiger partial charge in [0.1, 0.15) is 12.4 Å². The third-order valence-electron chi connectivity index (χ3n) is 4.85. The number of fused-ring (bicyclic) bond motifs is 1. The van der Waals surface area contributed by atoms with E-state index in [9.17, 15) is 4.79 Å². The molecule has 1 aromatic carbocycles. The molecular formula is C18H24N4O2. The number of aromatic amines is 1. The number of anilines is 1. The van der Waals surface area contributed by atoms with E-state index in [1.165, 1.54) is 32.4 Å². The van der Waals surface area contributed by atoms with E-state index in [4.69, 9.17) is 4.74 Å². The number of piperidine rings is 1. The van der Waals surface area contributed by atoms with Crippen LogP contribution < -0.4 is 10.1 Å². The lowest BCUT2D eigenvalue weighted by Crippen LogP contribution is -2.33. The van der Waals surface area contributed by atoms with Crippen LogP contribution in [0.3, 0.4) is 0 Å². The highest BCUT2D eigenvalue weighted by atomic mass is 16.5. The van der Waals surface area contributed by atoms with Gasteiger partial charge in [-0.15, -0.1) is 0 Å². The maximum Gasteiger partial charge on any atom is 0.228 e. The van der Waals surface area contributed by atoms with Gasteiger partial charge in [-0.3, -0.25) is 14.8 Å². The molecule has 0 radical (unpaired) electrons. The van der Waals surface area contributed by atoms with E-state index in [0.29, 0.717) is 12.4 Å². The van der Waals surface area contributed by atoms with Crippen molar-refractivity contribution in [1.82, 2.24) is 15.1 Å². The van der Waals surface area contributed by atoms with Crippen molar-refractivity contribution in [2.75, 3.05) is 31.6 Å². The first-order chi connectivity index (χ1) is 11.8. The number of H-pyrrole nitrogens is 1. The number of carbonyl (C=O) groups is 1. The quantitative estimate of drug-likeness (QED) is 0.855. The largest absolute Gasteiger partial charge is 0.492 e. The number of hydrogen-bond donors (Lipinski definition) is 2. The Morgan fingerprint density at radius 3 is 2.92 bits per heavy atom. The Hall–Kier alpha value is -2.08. The second kappa shape index (κ2) is 6.81. The Kier molecular flexibility index (Phi) is 4.38. The van der Waals surface area contributed by atoms with Crippen molar-refractivity contribution in [2.24, 2.45) is 5.92 Å². The van der Waals surface area contributed by atoms with Crippen LogP contribution in [-0.2, 0) is 4.79 Å². The molecule has 1 saturated heterocycles. The highest BCUT2D eigenvalue weighted by molar-refractivity contribution is 6.01. The van der Waals surface area contributed by atoms with E-state index in [1.807, 2.05) is 18.2 Å². The van der Waals surface area contributed by atoms with Gasteiger partial charge in [-0.25, -0.2) is 0 Å². The Bertz CT molecular complexity index is 717. The van der Waals surface area contributed by atoms with Crippen LogP contribution in [0.2, 0.25) is 0 Å². The van der Waals surface area contributed by atoms with Gasteiger partial charge in [0.15, 0.2) is 5.82 Å². The molecule has 1 aromatic heterocycles. The first kappa shape index (κ1) is 15.4. The van der Waals surface area contributed by atoms with Gasteiger partial charge in [-0.1, -0.05) is 6.42 Å². The average Bonchev–Trinajstić information content (AvgIpc) is 3.39. The number of nitrogens with one attached hydrogen (secondary N) is 2. The number of aromatic nitrogens is 2. The van der Waals surface area contributed by atoms with Crippen molar-refractivity contribution in [2.45, 2.75) is 32.1 Å². The fourth-order valence-corrected chi connectivity index (χ4v) is 3.22. The summed E-state index contributed by atoms with van der Waals surface area (Å²) < 4.78 is 5.91. The van der Waals surface area contributed by atoms with Crippen molar-refractivity contribution < 1.29 is 9.53 Å². The minimum absolute atomic E-state index is 0.0693. The van der Waals surface area contributed by atoms with Crippen molar-refractivity contribution in [3.8, 4) is 5.75 Å². The number of amides is 1. The second-order valence-electron chi connectivity index (χ2n) is 6.79. The zero-order valence-electron chi connectivity index (χ0n) is 13.9. The molecule has 2 heterocycles. The first-order valence-corrected chi connectivity index (χ1v) is 8.94. The molecule has 0 bridgehead atoms. The predicted octanol–water partition coefficient (Wildman–Crippen LogP) is 2.78. The van der Waals surface area contributed by atoms with E-state index in [0.717, 1.165) is 36.0 Å². The molecule has 128 valence electrons. The smallest absolute Gasteiger partial charge is 0.228 e. The number of likely N-dealkylation sites (tertiary alicyclic amines) is 1. The van der Waals surface area contributed by atoms with Crippen LogP contribution in [0.5, 0.6) is 5.75 Å². The number of ether oxygens (including phenoxy) is 1. The Labute approximate surface area is 141 Å². The molecule has 2 N–H and O–H groups in total. The molecule has 4 rings (SSSR count). The predicted molar refractivity (Wildman–Crippen MR) is 93.2 cm³/mol. The van der Waals surface area contributed by atoms with Crippen LogP contribution in [0.25, 0.3) is 10.9 Å². The standard InChI is InChI=1S/C18H24N4O2/c23-18(13-4-5-13)19-17-15-12-14(6-7-16(15)20-21-17)24-11-10-22-8-2-1-3-9-22/h6-7,12-13H,1-5,8-11H2,(H2,19,20,21,23). The van der Waals surface area contributed by atoms with Crippen molar-refractivity contribution in [3.63, 3.8) is 0 Å². The van der Waals surface area contributed by atoms with Gasteiger partial charge in [-0.05, 0) is 57.0 Å². The van der Waals surface area contributed by atoms with Gasteiger partial charge in [0.05, 0.1) is 5.52 Å². The molecule has 6 nitrogen and oxygen atoms in total. The summed E-state index contributed by atoms with van der Waals surface area (Å²) in [5.41, 5.74) is 0.907. The summed E-state index contributed by atoms with van der Waals surface area (Å²) in [6, 6.07) is 5.85. The topological polar surface area (TPSA) is 70.2 Å². The number of rotatable bonds is 6. The molecule has 1 aliphatic carbocycles. The van der Waals surface area contributed by atoms with Crippen LogP contribution in [0, 0.1) is 5.92 Å². The number of nitrogens with zero attached hydrogens (tertiary/aromatic N) is 2. The molecule has 1 saturated carbocycles. The molecular weight excluding hydrogens is 304 g/mol. The van der Waals surface area contributed by atoms with Crippen molar-refractivity contribution in [3.05, 3.63) is 18.2 Å². The van der Waals surface area contributed by atoms with Crippen LogP contribution in [0.1, 0.15) is 32.1 Å². The van der Waals surface area contributed by atoms with Crippen LogP contribution >= 0.6 is 0 Å². The molecule has 6 heteroatoms. The van der Waals surface area contributed by atoms with E-state index >= 15 is 0 Å². The maximum atomic E-state index is 11.9. The Morgan fingerprint density at radius 2 is 2.12 bits per heavy atom. The summed E-state index contributed by atoms with van der Waals surface area (Å²) in [6.07, 6.45) is 5.91. The highest BCUT2D eigenvalue weighted by Gasteiger charge is 2.30. The lowest BCUT2D eigenvalue weighted by Gasteiger charge is -2.26. The summed E-state index contributed by atoms with van der Waals surface area (Å²) in [5, 5.41) is 11.0. The highest BCUT2D eigenvalue weighted by Crippen LogP contribution is 2.31. The normalized spacial score (nSPS) is 18.7. The summed E-state index contributed by atoms with van der Waals surface area (Å²) in [6.45, 7) is 4.02. The molecule has 1 aliphatic heterocycles. The minimum atomic E-state index is 0.0693. The zero-order valence-corrected chi connectivity index (χ0v) is 13.9. The van der Waals surface area contributed by atoms with Crippen LogP contribution in [0.4, 0.5) is 5.82 Å². The van der Waals surface area contributed by atoms with Gasteiger partial charge in [0.2, 0.25) is 5.91 Å². The third kappa shape index (κ3) is 3.53. The fourth-order valence-electron chi connectivity index (χ4n) is 3.22. The van der Waals surface area contributed by atoms with Gasteiger partial charge in [0.25, 0.3) is 0 Å². The number of hydrogen-bond acceptors (Lipinski definition) is 4. The van der Waals surface area contributed by atoms with Gasteiger partial charge < -0.3 is 10.1 Å². The summed E-state index contributed by atoms with van der Waals surface area (Å²) in [4.78, 5) is 14.4. The van der Waals surface area contributed by atoms with Gasteiger partial charge in [-0.2, -0.15) is 5.10 Å². The molecule has 0 unspecified atom stereocenters. The maximum absolute atomic E-state index is 11.9. The lowest BCUT2D eigenvalue weighted by molar-refractivity contribution is -0.117. The summed E-state index contributed by atoms with van der Waals surface area (Å²) in [7, 11) is 0. The van der Waals surface area contributed by atoms with E-state index in [1.54, 1.807) is 0 Å². The zero-order chi connectivity index (χ0) is 16.4. The lowest BCUT2D eigenvalue weighted by atomic mass is 10.1. The van der Waals surface area contributed by atoms with Crippen molar-refractivity contribution in [1.29, 1.82) is 0 Å². The molecule has 0 atom stereocenters. The molecule has 2 aromatic rings. The molecule has 0 spiro atoms. The van der Waals surface area contributed by atoms with E-state index < -0.39 is 0 Å². The Morgan fingerprint density at radius 1 is 1.29 bits per heavy atom. The molecule has 2 fully saturated rings. The first-order valence-electron chi connectivity index (χ1n) is 8.94. The molecule has 1 amide bonds. The number of carbonyl (C=O) groups excluding carboxylic acids is 1. The Balaban J connectivity index is 1.39.